The average Bonchev–Trinajstić information content (AvgIpc) is 2.77. The van der Waals surface area contributed by atoms with Gasteiger partial charge < -0.3 is 14.6 Å². The van der Waals surface area contributed by atoms with E-state index >= 15 is 0 Å². The van der Waals surface area contributed by atoms with E-state index < -0.39 is 29.4 Å². The summed E-state index contributed by atoms with van der Waals surface area (Å²) < 4.78 is 48.9. The molecule has 1 aliphatic heterocycles. The Labute approximate surface area is 181 Å². The fraction of sp³-hybridized carbons (Fsp3) is 0.409. The highest BCUT2D eigenvalue weighted by Gasteiger charge is 2.22. The second-order valence-electron chi connectivity index (χ2n) is 7.91. The Bertz CT molecular complexity index is 1270. The molecule has 1 fully saturated rings. The number of pyridine rings is 1. The Hall–Kier alpha value is -3.14. The zero-order valence-corrected chi connectivity index (χ0v) is 17.6. The highest BCUT2D eigenvalue weighted by molar-refractivity contribution is 5.90. The molecule has 0 spiro atoms. The van der Waals surface area contributed by atoms with Crippen molar-refractivity contribution in [3.8, 4) is 0 Å². The molecule has 4 rings (SSSR count). The van der Waals surface area contributed by atoms with Gasteiger partial charge in [-0.25, -0.2) is 17.9 Å². The molecule has 3 aromatic rings. The monoisotopic (exact) mass is 448 g/mol. The van der Waals surface area contributed by atoms with Gasteiger partial charge in [0.15, 0.2) is 5.82 Å². The van der Waals surface area contributed by atoms with Gasteiger partial charge in [-0.2, -0.15) is 5.10 Å². The first kappa shape index (κ1) is 22.1. The van der Waals surface area contributed by atoms with Crippen molar-refractivity contribution in [1.82, 2.24) is 14.3 Å². The molecule has 1 saturated heterocycles. The number of aromatic nitrogens is 3. The summed E-state index contributed by atoms with van der Waals surface area (Å²) in [5.41, 5.74) is -1.42. The molecule has 0 radical (unpaired) electrons. The molecule has 7 nitrogen and oxygen atoms in total. The highest BCUT2D eigenvalue weighted by atomic mass is 19.3. The molecule has 0 saturated carbocycles. The summed E-state index contributed by atoms with van der Waals surface area (Å²) in [6.45, 7) is 2.63. The first-order valence-corrected chi connectivity index (χ1v) is 10.3. The summed E-state index contributed by atoms with van der Waals surface area (Å²) in [5, 5.41) is 7.82. The lowest BCUT2D eigenvalue weighted by Gasteiger charge is -2.25. The molecular weight excluding hydrogens is 425 g/mol. The minimum absolute atomic E-state index is 0.0422. The lowest BCUT2D eigenvalue weighted by Crippen LogP contribution is -2.31. The molecule has 1 aromatic carbocycles. The quantitative estimate of drug-likeness (QED) is 0.644. The molecule has 0 bridgehead atoms. The van der Waals surface area contributed by atoms with Gasteiger partial charge >= 0.3 is 0 Å². The van der Waals surface area contributed by atoms with Gasteiger partial charge in [0, 0.05) is 36.9 Å². The number of halogens is 3. The predicted molar refractivity (Wildman–Crippen MR) is 114 cm³/mol. The SMILES string of the molecule is C[C@@H](Nc1nn(C)c(=O)c2cc(=O)n([C@@H]3CCCOC3)cc12)c1cccc(C(F)F)c1F. The smallest absolute Gasteiger partial charge is 0.274 e. The van der Waals surface area contributed by atoms with Crippen LogP contribution in [0.1, 0.15) is 49.4 Å². The van der Waals surface area contributed by atoms with Crippen molar-refractivity contribution in [3.63, 3.8) is 0 Å². The van der Waals surface area contributed by atoms with Gasteiger partial charge in [-0.05, 0) is 19.8 Å². The number of anilines is 1. The van der Waals surface area contributed by atoms with E-state index in [9.17, 15) is 22.8 Å². The van der Waals surface area contributed by atoms with Gasteiger partial charge in [0.2, 0.25) is 0 Å². The fourth-order valence-corrected chi connectivity index (χ4v) is 4.03. The fourth-order valence-electron chi connectivity index (χ4n) is 4.03. The van der Waals surface area contributed by atoms with E-state index in [0.29, 0.717) is 18.6 Å². The van der Waals surface area contributed by atoms with Crippen LogP contribution in [-0.4, -0.2) is 27.6 Å². The predicted octanol–water partition coefficient (Wildman–Crippen LogP) is 3.70. The zero-order chi connectivity index (χ0) is 23.0. The standard InChI is InChI=1S/C22H23F3N4O3/c1-12(14-6-3-7-15(19(14)23)20(24)25)26-21-17-10-29(13-5-4-8-32-11-13)18(30)9-16(17)22(31)28(2)27-21/h3,6-7,9-10,12-13,20H,4-5,8,11H2,1-2H3,(H,26,27)/t12-,13-/m1/s1. The second kappa shape index (κ2) is 8.78. The van der Waals surface area contributed by atoms with Crippen LogP contribution in [0.25, 0.3) is 10.8 Å². The van der Waals surface area contributed by atoms with E-state index in [1.54, 1.807) is 13.1 Å². The normalized spacial score (nSPS) is 17.6. The van der Waals surface area contributed by atoms with E-state index in [1.807, 2.05) is 0 Å². The van der Waals surface area contributed by atoms with Crippen molar-refractivity contribution >= 4 is 16.6 Å². The lowest BCUT2D eigenvalue weighted by atomic mass is 10.0. The molecule has 1 aliphatic rings. The molecule has 0 amide bonds. The van der Waals surface area contributed by atoms with Crippen molar-refractivity contribution < 1.29 is 17.9 Å². The van der Waals surface area contributed by atoms with Crippen LogP contribution < -0.4 is 16.4 Å². The maximum atomic E-state index is 14.6. The minimum atomic E-state index is -2.94. The topological polar surface area (TPSA) is 78.2 Å². The highest BCUT2D eigenvalue weighted by Crippen LogP contribution is 2.30. The number of hydrogen-bond acceptors (Lipinski definition) is 5. The van der Waals surface area contributed by atoms with Crippen molar-refractivity contribution in [2.24, 2.45) is 7.05 Å². The molecule has 3 heterocycles. The van der Waals surface area contributed by atoms with E-state index in [4.69, 9.17) is 4.74 Å². The van der Waals surface area contributed by atoms with E-state index in [0.717, 1.165) is 23.6 Å². The Morgan fingerprint density at radius 3 is 2.66 bits per heavy atom. The molecule has 0 unspecified atom stereocenters. The van der Waals surface area contributed by atoms with Crippen LogP contribution in [0, 0.1) is 5.82 Å². The minimum Gasteiger partial charge on any atom is -0.379 e. The summed E-state index contributed by atoms with van der Waals surface area (Å²) in [5.74, 6) is -0.755. The number of hydrogen-bond donors (Lipinski definition) is 1. The molecule has 0 aliphatic carbocycles. The summed E-state index contributed by atoms with van der Waals surface area (Å²) in [7, 11) is 1.44. The Morgan fingerprint density at radius 2 is 1.97 bits per heavy atom. The maximum absolute atomic E-state index is 14.6. The molecule has 10 heteroatoms. The first-order valence-electron chi connectivity index (χ1n) is 10.3. The van der Waals surface area contributed by atoms with Crippen LogP contribution in [0.3, 0.4) is 0 Å². The van der Waals surface area contributed by atoms with Gasteiger partial charge in [0.25, 0.3) is 17.5 Å². The van der Waals surface area contributed by atoms with Crippen molar-refractivity contribution in [2.75, 3.05) is 18.5 Å². The van der Waals surface area contributed by atoms with Crippen LogP contribution >= 0.6 is 0 Å². The van der Waals surface area contributed by atoms with Crippen molar-refractivity contribution in [1.29, 1.82) is 0 Å². The van der Waals surface area contributed by atoms with Gasteiger partial charge in [-0.3, -0.25) is 9.59 Å². The lowest BCUT2D eigenvalue weighted by molar-refractivity contribution is 0.0581. The second-order valence-corrected chi connectivity index (χ2v) is 7.91. The number of rotatable bonds is 5. The van der Waals surface area contributed by atoms with Gasteiger partial charge in [0.05, 0.1) is 29.6 Å². The average molecular weight is 448 g/mol. The molecule has 2 atom stereocenters. The zero-order valence-electron chi connectivity index (χ0n) is 17.6. The Morgan fingerprint density at radius 1 is 1.22 bits per heavy atom. The van der Waals surface area contributed by atoms with Crippen LogP contribution in [0.15, 0.2) is 40.1 Å². The number of fused-ring (bicyclic) bond motifs is 1. The van der Waals surface area contributed by atoms with Gasteiger partial charge in [0.1, 0.15) is 5.82 Å². The third kappa shape index (κ3) is 4.02. The summed E-state index contributed by atoms with van der Waals surface area (Å²) in [6.07, 6.45) is 0.193. The van der Waals surface area contributed by atoms with Crippen LogP contribution in [0.5, 0.6) is 0 Å². The maximum Gasteiger partial charge on any atom is 0.274 e. The number of nitrogens with zero attached hydrogens (tertiary/aromatic N) is 3. The number of aryl methyl sites for hydroxylation is 1. The Balaban J connectivity index is 1.80. The van der Waals surface area contributed by atoms with Gasteiger partial charge in [-0.1, -0.05) is 18.2 Å². The van der Waals surface area contributed by atoms with E-state index in [1.165, 1.54) is 29.8 Å². The molecule has 1 N–H and O–H groups in total. The number of alkyl halides is 2. The number of ether oxygens (including phenoxy) is 1. The summed E-state index contributed by atoms with van der Waals surface area (Å²) in [6, 6.07) is 4.18. The molecule has 32 heavy (non-hydrogen) atoms. The largest absolute Gasteiger partial charge is 0.379 e. The van der Waals surface area contributed by atoms with Crippen molar-refractivity contribution in [3.05, 3.63) is 68.1 Å². The summed E-state index contributed by atoms with van der Waals surface area (Å²) in [4.78, 5) is 25.3. The molecular formula is C22H23F3N4O3. The van der Waals surface area contributed by atoms with Crippen molar-refractivity contribution in [2.45, 2.75) is 38.3 Å². The van der Waals surface area contributed by atoms with E-state index in [2.05, 4.69) is 10.4 Å². The van der Waals surface area contributed by atoms with Crippen LogP contribution in [-0.2, 0) is 11.8 Å². The number of nitrogens with one attached hydrogen (secondary N) is 1. The van der Waals surface area contributed by atoms with E-state index in [-0.39, 0.29) is 28.4 Å². The molecule has 2 aromatic heterocycles. The summed E-state index contributed by atoms with van der Waals surface area (Å²) >= 11 is 0. The third-order valence-corrected chi connectivity index (χ3v) is 5.75. The third-order valence-electron chi connectivity index (χ3n) is 5.75. The molecule has 170 valence electrons. The number of benzene rings is 1. The Kier molecular flexibility index (Phi) is 6.05. The van der Waals surface area contributed by atoms with Crippen LogP contribution in [0.4, 0.5) is 19.0 Å². The van der Waals surface area contributed by atoms with Gasteiger partial charge in [-0.15, -0.1) is 0 Å². The van der Waals surface area contributed by atoms with Crippen LogP contribution in [0.2, 0.25) is 0 Å². The first-order chi connectivity index (χ1) is 15.3.